The first-order valence-electron chi connectivity index (χ1n) is 2.20. The zero-order valence-electron chi connectivity index (χ0n) is 4.31. The molecule has 0 aliphatic heterocycles. The van der Waals surface area contributed by atoms with Gasteiger partial charge in [-0.1, -0.05) is 0 Å². The minimum Gasteiger partial charge on any atom is -0.505 e. The molecule has 1 heterocycles. The molecule has 0 bridgehead atoms. The molecule has 1 N–H and O–H groups in total. The van der Waals surface area contributed by atoms with E-state index in [0.29, 0.717) is 0 Å². The Morgan fingerprint density at radius 1 is 1.33 bits per heavy atom. The molecular weight excluding hydrogens is 344 g/mol. The molecule has 0 atom stereocenters. The Labute approximate surface area is 80.0 Å². The fraction of sp³-hybridized carbons (Fsp3) is 0. The second kappa shape index (κ2) is 3.00. The normalized spacial score (nSPS) is 9.56. The van der Waals surface area contributed by atoms with Gasteiger partial charge in [0.05, 0.1) is 9.77 Å². The number of aromatic nitrogens is 1. The van der Waals surface area contributed by atoms with E-state index in [9.17, 15) is 0 Å². The predicted octanol–water partition coefficient (Wildman–Crippen LogP) is 2.00. The van der Waals surface area contributed by atoms with E-state index in [4.69, 9.17) is 5.11 Å². The summed E-state index contributed by atoms with van der Waals surface area (Å²) < 4.78 is 1.84. The molecule has 0 saturated carbocycles. The Morgan fingerprint density at radius 3 is 2.44 bits per heavy atom. The molecule has 0 radical (unpaired) electrons. The van der Waals surface area contributed by atoms with Crippen molar-refractivity contribution in [3.05, 3.63) is 19.5 Å². The van der Waals surface area contributed by atoms with E-state index >= 15 is 0 Å². The molecule has 1 aromatic heterocycles. The molecule has 0 aliphatic carbocycles. The van der Waals surface area contributed by atoms with E-state index in [1.807, 2.05) is 0 Å². The molecule has 48 valence electrons. The molecular formula is C5H3I2NO. The number of rotatable bonds is 0. The maximum absolute atomic E-state index is 9.03. The molecule has 0 aromatic carbocycles. The van der Waals surface area contributed by atoms with Crippen molar-refractivity contribution in [2.24, 2.45) is 0 Å². The first kappa shape index (κ1) is 7.52. The van der Waals surface area contributed by atoms with E-state index in [2.05, 4.69) is 50.2 Å². The third kappa shape index (κ3) is 1.66. The molecule has 0 amide bonds. The minimum absolute atomic E-state index is 0.252. The van der Waals surface area contributed by atoms with E-state index < -0.39 is 0 Å². The van der Waals surface area contributed by atoms with Crippen LogP contribution in [0, 0.1) is 7.14 Å². The molecule has 0 fully saturated rings. The quantitative estimate of drug-likeness (QED) is 0.729. The van der Waals surface area contributed by atoms with Crippen LogP contribution in [-0.4, -0.2) is 10.1 Å². The van der Waals surface area contributed by atoms with Gasteiger partial charge in [-0.3, -0.25) is 4.98 Å². The Kier molecular flexibility index (Phi) is 2.50. The van der Waals surface area contributed by atoms with Gasteiger partial charge in [-0.15, -0.1) is 0 Å². The fourth-order valence-electron chi connectivity index (χ4n) is 0.409. The third-order valence-electron chi connectivity index (χ3n) is 0.819. The summed E-state index contributed by atoms with van der Waals surface area (Å²) in [6, 6.07) is 0. The van der Waals surface area contributed by atoms with Gasteiger partial charge in [0.1, 0.15) is 5.75 Å². The molecule has 0 unspecified atom stereocenters. The SMILES string of the molecule is Oc1cncc(I)c1I. The Bertz CT molecular complexity index is 206. The summed E-state index contributed by atoms with van der Waals surface area (Å²) in [6.07, 6.45) is 3.14. The smallest absolute Gasteiger partial charge is 0.148 e. The first-order valence-corrected chi connectivity index (χ1v) is 4.35. The molecule has 0 spiro atoms. The van der Waals surface area contributed by atoms with Gasteiger partial charge in [-0.25, -0.2) is 0 Å². The average molecular weight is 347 g/mol. The highest BCUT2D eigenvalue weighted by atomic mass is 127. The molecule has 1 rings (SSSR count). The van der Waals surface area contributed by atoms with Gasteiger partial charge in [0.25, 0.3) is 0 Å². The van der Waals surface area contributed by atoms with Gasteiger partial charge in [0.2, 0.25) is 0 Å². The summed E-state index contributed by atoms with van der Waals surface area (Å²) in [7, 11) is 0. The molecule has 4 heteroatoms. The zero-order valence-corrected chi connectivity index (χ0v) is 8.62. The van der Waals surface area contributed by atoms with Crippen molar-refractivity contribution in [1.29, 1.82) is 0 Å². The highest BCUT2D eigenvalue weighted by molar-refractivity contribution is 14.1. The number of halogens is 2. The number of nitrogens with zero attached hydrogens (tertiary/aromatic N) is 1. The van der Waals surface area contributed by atoms with E-state index in [1.165, 1.54) is 6.20 Å². The Balaban J connectivity index is 3.25. The second-order valence-electron chi connectivity index (χ2n) is 1.45. The number of aromatic hydroxyl groups is 1. The van der Waals surface area contributed by atoms with Crippen molar-refractivity contribution in [1.82, 2.24) is 4.98 Å². The van der Waals surface area contributed by atoms with Crippen LogP contribution in [0.25, 0.3) is 0 Å². The highest BCUT2D eigenvalue weighted by Crippen LogP contribution is 2.22. The monoisotopic (exact) mass is 347 g/mol. The van der Waals surface area contributed by atoms with E-state index in [1.54, 1.807) is 6.20 Å². The Hall–Kier alpha value is 0.410. The second-order valence-corrected chi connectivity index (χ2v) is 3.70. The largest absolute Gasteiger partial charge is 0.505 e. The highest BCUT2D eigenvalue weighted by Gasteiger charge is 1.99. The fourth-order valence-corrected chi connectivity index (χ4v) is 1.12. The van der Waals surface area contributed by atoms with Crippen LogP contribution >= 0.6 is 45.2 Å². The topological polar surface area (TPSA) is 33.1 Å². The molecule has 2 nitrogen and oxygen atoms in total. The van der Waals surface area contributed by atoms with Crippen LogP contribution in [0.5, 0.6) is 5.75 Å². The van der Waals surface area contributed by atoms with Gasteiger partial charge >= 0.3 is 0 Å². The minimum atomic E-state index is 0.252. The van der Waals surface area contributed by atoms with Crippen molar-refractivity contribution in [3.8, 4) is 5.75 Å². The van der Waals surface area contributed by atoms with Gasteiger partial charge in [-0.2, -0.15) is 0 Å². The number of hydrogen-bond acceptors (Lipinski definition) is 2. The average Bonchev–Trinajstić information content (AvgIpc) is 1.83. The van der Waals surface area contributed by atoms with Crippen LogP contribution < -0.4 is 0 Å². The zero-order chi connectivity index (χ0) is 6.85. The van der Waals surface area contributed by atoms with Gasteiger partial charge < -0.3 is 5.11 Å². The van der Waals surface area contributed by atoms with Crippen molar-refractivity contribution < 1.29 is 5.11 Å². The molecule has 0 aliphatic rings. The lowest BCUT2D eigenvalue weighted by Crippen LogP contribution is -1.81. The first-order chi connectivity index (χ1) is 4.22. The van der Waals surface area contributed by atoms with Crippen molar-refractivity contribution >= 4 is 45.2 Å². The summed E-state index contributed by atoms with van der Waals surface area (Å²) in [4.78, 5) is 3.78. The molecule has 0 saturated heterocycles. The van der Waals surface area contributed by atoms with E-state index in [0.717, 1.165) is 7.14 Å². The molecule has 9 heavy (non-hydrogen) atoms. The van der Waals surface area contributed by atoms with Gasteiger partial charge in [0, 0.05) is 9.77 Å². The van der Waals surface area contributed by atoms with E-state index in [-0.39, 0.29) is 5.75 Å². The van der Waals surface area contributed by atoms with Crippen molar-refractivity contribution in [2.75, 3.05) is 0 Å². The van der Waals surface area contributed by atoms with Crippen LogP contribution in [0.1, 0.15) is 0 Å². The number of hydrogen-bond donors (Lipinski definition) is 1. The summed E-state index contributed by atoms with van der Waals surface area (Å²) in [5.41, 5.74) is 0. The number of pyridine rings is 1. The lowest BCUT2D eigenvalue weighted by molar-refractivity contribution is 0.468. The summed E-state index contributed by atoms with van der Waals surface area (Å²) >= 11 is 4.19. The Morgan fingerprint density at radius 2 is 2.00 bits per heavy atom. The van der Waals surface area contributed by atoms with Crippen LogP contribution in [0.2, 0.25) is 0 Å². The summed E-state index contributed by atoms with van der Waals surface area (Å²) in [6.45, 7) is 0. The lowest BCUT2D eigenvalue weighted by atomic mass is 10.5. The standard InChI is InChI=1S/C5H3I2NO/c6-3-1-8-2-4(9)5(3)7/h1-2,9H. The lowest BCUT2D eigenvalue weighted by Gasteiger charge is -1.95. The van der Waals surface area contributed by atoms with Gasteiger partial charge in [-0.05, 0) is 45.2 Å². The van der Waals surface area contributed by atoms with Crippen LogP contribution in [0.15, 0.2) is 12.4 Å². The van der Waals surface area contributed by atoms with Gasteiger partial charge in [0.15, 0.2) is 0 Å². The third-order valence-corrected chi connectivity index (χ3v) is 3.80. The van der Waals surface area contributed by atoms with Crippen molar-refractivity contribution in [2.45, 2.75) is 0 Å². The predicted molar refractivity (Wildman–Crippen MR) is 51.3 cm³/mol. The maximum Gasteiger partial charge on any atom is 0.148 e. The summed E-state index contributed by atoms with van der Waals surface area (Å²) in [5, 5.41) is 9.03. The maximum atomic E-state index is 9.03. The van der Waals surface area contributed by atoms with Crippen molar-refractivity contribution in [3.63, 3.8) is 0 Å². The molecule has 1 aromatic rings. The van der Waals surface area contributed by atoms with Crippen LogP contribution in [-0.2, 0) is 0 Å². The van der Waals surface area contributed by atoms with Crippen LogP contribution in [0.3, 0.4) is 0 Å². The van der Waals surface area contributed by atoms with Crippen LogP contribution in [0.4, 0.5) is 0 Å². The summed E-state index contributed by atoms with van der Waals surface area (Å²) in [5.74, 6) is 0.252.